The smallest absolute Gasteiger partial charge is 0.268 e. The number of halogens is 1. The van der Waals surface area contributed by atoms with Gasteiger partial charge >= 0.3 is 0 Å². The quantitative estimate of drug-likeness (QED) is 0.518. The zero-order chi connectivity index (χ0) is 20.7. The van der Waals surface area contributed by atoms with Crippen molar-refractivity contribution in [2.24, 2.45) is 5.92 Å². The van der Waals surface area contributed by atoms with Gasteiger partial charge in [0.05, 0.1) is 10.4 Å². The lowest BCUT2D eigenvalue weighted by atomic mass is 9.91. The second kappa shape index (κ2) is 7.52. The molecule has 4 nitrogen and oxygen atoms in total. The van der Waals surface area contributed by atoms with Crippen molar-refractivity contribution in [1.29, 1.82) is 0 Å². The van der Waals surface area contributed by atoms with E-state index in [0.717, 1.165) is 48.7 Å². The first-order valence-corrected chi connectivity index (χ1v) is 11.7. The predicted octanol–water partition coefficient (Wildman–Crippen LogP) is 4.71. The van der Waals surface area contributed by atoms with E-state index in [-0.39, 0.29) is 4.90 Å². The number of rotatable bonds is 4. The summed E-state index contributed by atoms with van der Waals surface area (Å²) in [4.78, 5) is 0.232. The summed E-state index contributed by atoms with van der Waals surface area (Å²) in [6.07, 6.45) is 4.61. The third-order valence-electron chi connectivity index (χ3n) is 6.07. The van der Waals surface area contributed by atoms with E-state index in [1.807, 2.05) is 30.3 Å². The molecule has 1 N–H and O–H groups in total. The molecule has 0 aliphatic carbocycles. The van der Waals surface area contributed by atoms with E-state index in [1.54, 1.807) is 24.4 Å². The molecule has 1 aliphatic heterocycles. The first-order chi connectivity index (χ1) is 14.5. The first-order valence-electron chi connectivity index (χ1n) is 10.3. The topological polar surface area (TPSA) is 51.1 Å². The normalized spacial score (nSPS) is 15.8. The molecule has 154 valence electrons. The highest BCUT2D eigenvalue weighted by molar-refractivity contribution is 7.90. The van der Waals surface area contributed by atoms with Gasteiger partial charge in [-0.05, 0) is 73.5 Å². The molecule has 1 fully saturated rings. The molecule has 6 heteroatoms. The van der Waals surface area contributed by atoms with Gasteiger partial charge in [0.15, 0.2) is 0 Å². The standard InChI is InChI=1S/C24H23FN2O2S/c25-20-8-9-21-19(14-17-10-12-26-13-11-17)16-27(23(21)15-20)30(28,29)24-7-3-5-18-4-1-2-6-22(18)24/h1-9,15-17,26H,10-14H2. The van der Waals surface area contributed by atoms with Crippen molar-refractivity contribution in [2.45, 2.75) is 24.2 Å². The van der Waals surface area contributed by atoms with E-state index >= 15 is 0 Å². The molecule has 0 atom stereocenters. The molecule has 0 amide bonds. The summed E-state index contributed by atoms with van der Waals surface area (Å²) < 4.78 is 42.8. The van der Waals surface area contributed by atoms with E-state index in [2.05, 4.69) is 5.32 Å². The third kappa shape index (κ3) is 3.30. The molecular weight excluding hydrogens is 399 g/mol. The van der Waals surface area contributed by atoms with Crippen LogP contribution in [0.2, 0.25) is 0 Å². The largest absolute Gasteiger partial charge is 0.317 e. The zero-order valence-corrected chi connectivity index (χ0v) is 17.3. The van der Waals surface area contributed by atoms with Crippen molar-refractivity contribution in [1.82, 2.24) is 9.29 Å². The molecule has 2 heterocycles. The number of hydrogen-bond donors (Lipinski definition) is 1. The minimum atomic E-state index is -3.89. The number of hydrogen-bond acceptors (Lipinski definition) is 3. The SMILES string of the molecule is O=S(=O)(c1cccc2ccccc12)n1cc(CC2CCNCC2)c2ccc(F)cc21. The summed E-state index contributed by atoms with van der Waals surface area (Å²) >= 11 is 0. The summed E-state index contributed by atoms with van der Waals surface area (Å²) in [5, 5.41) is 5.69. The minimum absolute atomic E-state index is 0.232. The number of fused-ring (bicyclic) bond motifs is 2. The summed E-state index contributed by atoms with van der Waals surface area (Å²) in [7, 11) is -3.89. The minimum Gasteiger partial charge on any atom is -0.317 e. The van der Waals surface area contributed by atoms with Gasteiger partial charge in [-0.15, -0.1) is 0 Å². The number of aromatic nitrogens is 1. The van der Waals surface area contributed by atoms with Crippen molar-refractivity contribution in [3.63, 3.8) is 0 Å². The highest BCUT2D eigenvalue weighted by Crippen LogP contribution is 2.32. The van der Waals surface area contributed by atoms with Crippen LogP contribution in [0.5, 0.6) is 0 Å². The van der Waals surface area contributed by atoms with Gasteiger partial charge in [-0.1, -0.05) is 36.4 Å². The molecule has 1 saturated heterocycles. The van der Waals surface area contributed by atoms with E-state index in [4.69, 9.17) is 0 Å². The lowest BCUT2D eigenvalue weighted by Gasteiger charge is -2.22. The van der Waals surface area contributed by atoms with Crippen molar-refractivity contribution in [3.05, 3.63) is 78.2 Å². The Balaban J connectivity index is 1.68. The third-order valence-corrected chi connectivity index (χ3v) is 7.80. The van der Waals surface area contributed by atoms with Gasteiger partial charge in [-0.25, -0.2) is 16.8 Å². The van der Waals surface area contributed by atoms with Crippen LogP contribution < -0.4 is 5.32 Å². The highest BCUT2D eigenvalue weighted by Gasteiger charge is 2.25. The molecule has 1 aliphatic rings. The second-order valence-electron chi connectivity index (χ2n) is 7.99. The summed E-state index contributed by atoms with van der Waals surface area (Å²) in [6, 6.07) is 17.1. The second-order valence-corrected chi connectivity index (χ2v) is 9.77. The Hall–Kier alpha value is -2.70. The molecule has 30 heavy (non-hydrogen) atoms. The first kappa shape index (κ1) is 19.3. The lowest BCUT2D eigenvalue weighted by molar-refractivity contribution is 0.373. The Morgan fingerprint density at radius 3 is 2.57 bits per heavy atom. The maximum absolute atomic E-state index is 14.1. The fraction of sp³-hybridized carbons (Fsp3) is 0.250. The molecule has 1 aromatic heterocycles. The van der Waals surface area contributed by atoms with Crippen molar-refractivity contribution in [2.75, 3.05) is 13.1 Å². The van der Waals surface area contributed by atoms with Crippen LogP contribution in [0.15, 0.2) is 71.8 Å². The van der Waals surface area contributed by atoms with Gasteiger partial charge in [-0.2, -0.15) is 0 Å². The molecular formula is C24H23FN2O2S. The van der Waals surface area contributed by atoms with Gasteiger partial charge in [0.1, 0.15) is 5.82 Å². The number of nitrogens with zero attached hydrogens (tertiary/aromatic N) is 1. The maximum atomic E-state index is 14.1. The molecule has 0 radical (unpaired) electrons. The Kier molecular flexibility index (Phi) is 4.83. The van der Waals surface area contributed by atoms with Gasteiger partial charge in [0, 0.05) is 17.0 Å². The van der Waals surface area contributed by atoms with Crippen LogP contribution >= 0.6 is 0 Å². The average molecular weight is 423 g/mol. The van der Waals surface area contributed by atoms with Crippen molar-refractivity contribution < 1.29 is 12.8 Å². The predicted molar refractivity (Wildman–Crippen MR) is 118 cm³/mol. The van der Waals surface area contributed by atoms with Gasteiger partial charge in [0.2, 0.25) is 0 Å². The Bertz CT molecular complexity index is 1330. The van der Waals surface area contributed by atoms with Crippen LogP contribution in [-0.2, 0) is 16.4 Å². The van der Waals surface area contributed by atoms with Crippen LogP contribution in [0, 0.1) is 11.7 Å². The van der Waals surface area contributed by atoms with Gasteiger partial charge < -0.3 is 5.32 Å². The molecule has 3 aromatic carbocycles. The van der Waals surface area contributed by atoms with E-state index in [0.29, 0.717) is 16.8 Å². The fourth-order valence-electron chi connectivity index (χ4n) is 4.52. The van der Waals surface area contributed by atoms with E-state index < -0.39 is 15.8 Å². The summed E-state index contributed by atoms with van der Waals surface area (Å²) in [6.45, 7) is 1.96. The fourth-order valence-corrected chi connectivity index (χ4v) is 6.13. The van der Waals surface area contributed by atoms with Crippen LogP contribution in [0.4, 0.5) is 4.39 Å². The molecule has 4 aromatic rings. The van der Waals surface area contributed by atoms with Crippen LogP contribution in [0.3, 0.4) is 0 Å². The molecule has 0 spiro atoms. The number of benzene rings is 3. The Labute approximate surface area is 175 Å². The van der Waals surface area contributed by atoms with Gasteiger partial charge in [-0.3, -0.25) is 0 Å². The maximum Gasteiger partial charge on any atom is 0.268 e. The number of piperidine rings is 1. The summed E-state index contributed by atoms with van der Waals surface area (Å²) in [5.41, 5.74) is 1.35. The average Bonchev–Trinajstić information content (AvgIpc) is 3.12. The van der Waals surface area contributed by atoms with Crippen LogP contribution in [0.25, 0.3) is 21.7 Å². The Morgan fingerprint density at radius 2 is 1.73 bits per heavy atom. The summed E-state index contributed by atoms with van der Waals surface area (Å²) in [5.74, 6) is 0.0546. The highest BCUT2D eigenvalue weighted by atomic mass is 32.2. The molecule has 5 rings (SSSR count). The van der Waals surface area contributed by atoms with E-state index in [1.165, 1.54) is 16.1 Å². The van der Waals surface area contributed by atoms with Crippen molar-refractivity contribution in [3.8, 4) is 0 Å². The monoisotopic (exact) mass is 422 g/mol. The lowest BCUT2D eigenvalue weighted by Crippen LogP contribution is -2.28. The molecule has 0 bridgehead atoms. The Morgan fingerprint density at radius 1 is 0.967 bits per heavy atom. The zero-order valence-electron chi connectivity index (χ0n) is 16.5. The van der Waals surface area contributed by atoms with Crippen molar-refractivity contribution >= 4 is 31.7 Å². The molecule has 0 unspecified atom stereocenters. The molecule has 0 saturated carbocycles. The van der Waals surface area contributed by atoms with Crippen LogP contribution in [-0.4, -0.2) is 25.5 Å². The van der Waals surface area contributed by atoms with Crippen LogP contribution in [0.1, 0.15) is 18.4 Å². The number of nitrogens with one attached hydrogen (secondary N) is 1. The van der Waals surface area contributed by atoms with Gasteiger partial charge in [0.25, 0.3) is 10.0 Å². The van der Waals surface area contributed by atoms with E-state index in [9.17, 15) is 12.8 Å².